The van der Waals surface area contributed by atoms with E-state index in [1.165, 1.54) is 26.0 Å². The summed E-state index contributed by atoms with van der Waals surface area (Å²) < 4.78 is 1.24. The zero-order valence-electron chi connectivity index (χ0n) is 15.3. The fourth-order valence-electron chi connectivity index (χ4n) is 2.59. The number of hydrogen-bond acceptors (Lipinski definition) is 0. The molecule has 134 valence electrons. The molecule has 5 rings (SSSR count). The Labute approximate surface area is 207 Å². The van der Waals surface area contributed by atoms with Crippen molar-refractivity contribution in [2.75, 3.05) is 0 Å². The maximum atomic E-state index is 2.63. The largest absolute Gasteiger partial charge is 4.00 e. The van der Waals surface area contributed by atoms with E-state index in [2.05, 4.69) is 101 Å². The SMILES string of the molecule is [Al+2][c]1ccccc1.[Cl-].[Cl-].[Zr+4].c1ccc2[cH-]ccc2c1.c1ccc2[cH-]ccc2c1. The molecule has 0 bridgehead atoms. The van der Waals surface area contributed by atoms with Crippen LogP contribution in [0.15, 0.2) is 115 Å². The van der Waals surface area contributed by atoms with Crippen LogP contribution in [0.4, 0.5) is 0 Å². The van der Waals surface area contributed by atoms with Crippen molar-refractivity contribution in [2.45, 2.75) is 0 Å². The molecule has 0 nitrogen and oxygen atoms in total. The minimum atomic E-state index is 0. The van der Waals surface area contributed by atoms with Gasteiger partial charge in [-0.15, -0.1) is 59.3 Å². The van der Waals surface area contributed by atoms with Gasteiger partial charge < -0.3 is 24.8 Å². The van der Waals surface area contributed by atoms with E-state index in [1.54, 1.807) is 0 Å². The van der Waals surface area contributed by atoms with Gasteiger partial charge in [-0.05, 0) is 0 Å². The molecular formula is C24H19AlCl2Zr+2. The van der Waals surface area contributed by atoms with Crippen molar-refractivity contribution >= 4 is 42.3 Å². The second kappa shape index (κ2) is 14.8. The van der Waals surface area contributed by atoms with Gasteiger partial charge >= 0.3 is 77.3 Å². The smallest absolute Gasteiger partial charge is 1.00 e. The summed E-state index contributed by atoms with van der Waals surface area (Å²) in [7, 11) is 0. The predicted octanol–water partition coefficient (Wildman–Crippen LogP) is -0.397. The van der Waals surface area contributed by atoms with Gasteiger partial charge in [-0.3, -0.25) is 0 Å². The van der Waals surface area contributed by atoms with Crippen LogP contribution in [0.2, 0.25) is 0 Å². The van der Waals surface area contributed by atoms with Gasteiger partial charge in [-0.2, -0.15) is 35.0 Å². The van der Waals surface area contributed by atoms with Gasteiger partial charge in [0.1, 0.15) is 0 Å². The molecule has 0 aliphatic rings. The first-order valence-corrected chi connectivity index (χ1v) is 8.92. The summed E-state index contributed by atoms with van der Waals surface area (Å²) in [4.78, 5) is 0. The van der Waals surface area contributed by atoms with Gasteiger partial charge in [0.05, 0.1) is 0 Å². The van der Waals surface area contributed by atoms with Crippen LogP contribution in [0.5, 0.6) is 0 Å². The maximum absolute atomic E-state index is 2.63. The van der Waals surface area contributed by atoms with Crippen LogP contribution < -0.4 is 29.2 Å². The van der Waals surface area contributed by atoms with Crippen LogP contribution >= 0.6 is 0 Å². The minimum Gasteiger partial charge on any atom is -1.00 e. The van der Waals surface area contributed by atoms with E-state index in [1.807, 2.05) is 30.3 Å². The van der Waals surface area contributed by atoms with Crippen molar-refractivity contribution in [3.63, 3.8) is 0 Å². The van der Waals surface area contributed by atoms with Crippen molar-refractivity contribution in [1.29, 1.82) is 0 Å². The third-order valence-corrected chi connectivity index (χ3v) is 4.28. The summed E-state index contributed by atoms with van der Waals surface area (Å²) in [5.74, 6) is 0. The Morgan fingerprint density at radius 2 is 0.893 bits per heavy atom. The number of rotatable bonds is 0. The molecule has 0 amide bonds. The van der Waals surface area contributed by atoms with Crippen LogP contribution in [0, 0.1) is 0 Å². The molecular weight excluding hydrogens is 477 g/mol. The van der Waals surface area contributed by atoms with Crippen molar-refractivity contribution in [3.8, 4) is 0 Å². The minimum absolute atomic E-state index is 0. The summed E-state index contributed by atoms with van der Waals surface area (Å²) >= 11 is 2.63. The van der Waals surface area contributed by atoms with E-state index in [4.69, 9.17) is 0 Å². The Balaban J connectivity index is 0.000000374. The van der Waals surface area contributed by atoms with Gasteiger partial charge in [0.2, 0.25) is 0 Å². The zero-order valence-corrected chi connectivity index (χ0v) is 20.4. The number of benzene rings is 3. The Kier molecular flexibility index (Phi) is 14.2. The molecule has 4 heteroatoms. The standard InChI is InChI=1S/2C9H7.C6H5.Al.2ClH.Zr/c2*1-2-5-9-7-3-6-8(9)4-1;1-2-4-6-5-3-1;;;;/h2*1-7H;1-5H;;2*1H;/q2*-1;;+2;;;+4/p-2. The molecule has 0 saturated carbocycles. The fraction of sp³-hybridized carbons (Fsp3) is 0. The first-order valence-electron chi connectivity index (χ1n) is 8.34. The average Bonchev–Trinajstić information content (AvgIpc) is 3.32. The Hall–Kier alpha value is -1.12. The molecule has 0 spiro atoms. The number of halogens is 2. The van der Waals surface area contributed by atoms with Gasteiger partial charge in [0.15, 0.2) is 0 Å². The summed E-state index contributed by atoms with van der Waals surface area (Å²) in [6, 6.07) is 39.5. The Morgan fingerprint density at radius 3 is 1.25 bits per heavy atom. The van der Waals surface area contributed by atoms with Crippen molar-refractivity contribution in [1.82, 2.24) is 0 Å². The third-order valence-electron chi connectivity index (χ3n) is 3.89. The van der Waals surface area contributed by atoms with Crippen molar-refractivity contribution in [3.05, 3.63) is 115 Å². The molecule has 0 aliphatic carbocycles. The zero-order chi connectivity index (χ0) is 17.3. The van der Waals surface area contributed by atoms with Gasteiger partial charge in [0, 0.05) is 0 Å². The van der Waals surface area contributed by atoms with Crippen LogP contribution in [0.25, 0.3) is 21.5 Å². The van der Waals surface area contributed by atoms with E-state index >= 15 is 0 Å². The molecule has 5 aromatic carbocycles. The second-order valence-corrected chi connectivity index (χ2v) is 6.39. The van der Waals surface area contributed by atoms with E-state index in [0.29, 0.717) is 0 Å². The first kappa shape index (κ1) is 26.9. The summed E-state index contributed by atoms with van der Waals surface area (Å²) in [6.07, 6.45) is 0. The summed E-state index contributed by atoms with van der Waals surface area (Å²) in [5.41, 5.74) is 0. The van der Waals surface area contributed by atoms with Crippen molar-refractivity contribution in [2.24, 2.45) is 0 Å². The van der Waals surface area contributed by atoms with Crippen LogP contribution in [-0.4, -0.2) is 16.3 Å². The monoisotopic (exact) mass is 494 g/mol. The summed E-state index contributed by atoms with van der Waals surface area (Å²) in [6.45, 7) is 0. The Bertz CT molecular complexity index is 896. The van der Waals surface area contributed by atoms with E-state index in [-0.39, 0.29) is 51.0 Å². The quantitative estimate of drug-likeness (QED) is 0.202. The Morgan fingerprint density at radius 1 is 0.500 bits per heavy atom. The third kappa shape index (κ3) is 8.49. The topological polar surface area (TPSA) is 0 Å². The number of hydrogen-bond donors (Lipinski definition) is 0. The predicted molar refractivity (Wildman–Crippen MR) is 111 cm³/mol. The van der Waals surface area contributed by atoms with Crippen LogP contribution in [0.1, 0.15) is 0 Å². The fourth-order valence-corrected chi connectivity index (χ4v) is 2.82. The average molecular weight is 497 g/mol. The van der Waals surface area contributed by atoms with Gasteiger partial charge in [-0.25, -0.2) is 0 Å². The van der Waals surface area contributed by atoms with Crippen LogP contribution in [0.3, 0.4) is 0 Å². The molecule has 0 aromatic heterocycles. The van der Waals surface area contributed by atoms with E-state index < -0.39 is 0 Å². The molecule has 0 saturated heterocycles. The molecule has 5 aromatic rings. The van der Waals surface area contributed by atoms with E-state index in [0.717, 1.165) is 0 Å². The molecule has 0 atom stereocenters. The molecule has 0 aliphatic heterocycles. The normalized spacial score (nSPS) is 8.79. The molecule has 0 unspecified atom stereocenters. The van der Waals surface area contributed by atoms with Gasteiger partial charge in [0.25, 0.3) is 0 Å². The summed E-state index contributed by atoms with van der Waals surface area (Å²) in [5, 5.41) is 5.32. The molecule has 0 heterocycles. The van der Waals surface area contributed by atoms with E-state index in [9.17, 15) is 0 Å². The molecule has 0 fully saturated rings. The molecule has 0 N–H and O–H groups in total. The van der Waals surface area contributed by atoms with Crippen molar-refractivity contribution < 1.29 is 51.0 Å². The van der Waals surface area contributed by atoms with Gasteiger partial charge in [-0.1, -0.05) is 12.1 Å². The first-order chi connectivity index (χ1) is 12.3. The molecule has 28 heavy (non-hydrogen) atoms. The maximum Gasteiger partial charge on any atom is 4.00 e. The number of fused-ring (bicyclic) bond motifs is 2. The van der Waals surface area contributed by atoms with Crippen LogP contribution in [-0.2, 0) is 26.2 Å². The molecule has 0 radical (unpaired) electrons. The second-order valence-electron chi connectivity index (χ2n) is 5.72.